The van der Waals surface area contributed by atoms with E-state index in [1.54, 1.807) is 6.20 Å². The van der Waals surface area contributed by atoms with Crippen LogP contribution >= 0.6 is 0 Å². The minimum Gasteiger partial charge on any atom is -0.476 e. The van der Waals surface area contributed by atoms with Crippen LogP contribution in [0.2, 0.25) is 0 Å². The number of pyridine rings is 1. The number of anilines is 1. The lowest BCUT2D eigenvalue weighted by molar-refractivity contribution is 0.328. The Kier molecular flexibility index (Phi) is 4.39. The van der Waals surface area contributed by atoms with Crippen molar-refractivity contribution in [3.8, 4) is 5.88 Å². The topological polar surface area (TPSA) is 52.0 Å². The molecule has 0 fully saturated rings. The minimum absolute atomic E-state index is 0.402. The summed E-state index contributed by atoms with van der Waals surface area (Å²) >= 11 is 0. The molecular formula is C14H20N4O. The van der Waals surface area contributed by atoms with Crippen LogP contribution in [0.4, 0.5) is 5.69 Å². The predicted octanol–water partition coefficient (Wildman–Crippen LogP) is 2.87. The summed E-state index contributed by atoms with van der Waals surface area (Å²) < 4.78 is 7.63. The molecule has 1 N–H and O–H groups in total. The van der Waals surface area contributed by atoms with Crippen molar-refractivity contribution in [3.05, 3.63) is 36.5 Å². The van der Waals surface area contributed by atoms with Crippen LogP contribution < -0.4 is 10.1 Å². The molecule has 0 aliphatic heterocycles. The zero-order valence-corrected chi connectivity index (χ0v) is 11.6. The number of imidazole rings is 1. The lowest BCUT2D eigenvalue weighted by Crippen LogP contribution is -2.10. The molecule has 0 aromatic carbocycles. The van der Waals surface area contributed by atoms with Crippen molar-refractivity contribution in [3.63, 3.8) is 0 Å². The largest absolute Gasteiger partial charge is 0.476 e. The minimum atomic E-state index is 0.402. The van der Waals surface area contributed by atoms with Crippen LogP contribution in [0.3, 0.4) is 0 Å². The van der Waals surface area contributed by atoms with Crippen molar-refractivity contribution < 1.29 is 4.74 Å². The zero-order chi connectivity index (χ0) is 13.7. The number of hydrogen-bond acceptors (Lipinski definition) is 4. The Hall–Kier alpha value is -2.04. The normalized spacial score (nSPS) is 10.7. The third-order valence-electron chi connectivity index (χ3n) is 2.81. The molecule has 0 radical (unpaired) electrons. The van der Waals surface area contributed by atoms with Gasteiger partial charge in [-0.2, -0.15) is 0 Å². The summed E-state index contributed by atoms with van der Waals surface area (Å²) in [5, 5.41) is 3.35. The molecular weight excluding hydrogens is 240 g/mol. The average Bonchev–Trinajstić information content (AvgIpc) is 2.86. The molecule has 2 aromatic heterocycles. The van der Waals surface area contributed by atoms with Gasteiger partial charge in [-0.1, -0.05) is 0 Å². The smallest absolute Gasteiger partial charge is 0.237 e. The lowest BCUT2D eigenvalue weighted by Gasteiger charge is -2.14. The standard InChI is InChI=1S/C14H20N4O/c1-4-19-14-13(6-5-7-16-14)17-9-12-8-15-10-18(12)11(2)3/h5-8,10-11,17H,4,9H2,1-3H3. The van der Waals surface area contributed by atoms with Gasteiger partial charge in [-0.3, -0.25) is 0 Å². The van der Waals surface area contributed by atoms with Crippen LogP contribution in [0.15, 0.2) is 30.9 Å². The highest BCUT2D eigenvalue weighted by Crippen LogP contribution is 2.21. The van der Waals surface area contributed by atoms with Gasteiger partial charge in [0.2, 0.25) is 5.88 Å². The Labute approximate surface area is 113 Å². The Morgan fingerprint density at radius 1 is 1.42 bits per heavy atom. The van der Waals surface area contributed by atoms with Gasteiger partial charge in [0.25, 0.3) is 0 Å². The Balaban J connectivity index is 2.08. The summed E-state index contributed by atoms with van der Waals surface area (Å²) in [5.41, 5.74) is 2.04. The van der Waals surface area contributed by atoms with E-state index in [2.05, 4.69) is 33.7 Å². The molecule has 0 amide bonds. The first kappa shape index (κ1) is 13.4. The number of rotatable bonds is 6. The van der Waals surface area contributed by atoms with Gasteiger partial charge in [0.05, 0.1) is 30.9 Å². The number of aromatic nitrogens is 3. The van der Waals surface area contributed by atoms with Gasteiger partial charge < -0.3 is 14.6 Å². The van der Waals surface area contributed by atoms with Crippen molar-refractivity contribution >= 4 is 5.69 Å². The van der Waals surface area contributed by atoms with Crippen molar-refractivity contribution in [1.82, 2.24) is 14.5 Å². The van der Waals surface area contributed by atoms with Gasteiger partial charge in [-0.15, -0.1) is 0 Å². The molecule has 0 bridgehead atoms. The maximum Gasteiger partial charge on any atom is 0.237 e. The van der Waals surface area contributed by atoms with E-state index in [4.69, 9.17) is 4.74 Å². The van der Waals surface area contributed by atoms with Crippen LogP contribution in [-0.4, -0.2) is 21.1 Å². The molecule has 0 saturated carbocycles. The second-order valence-electron chi connectivity index (χ2n) is 4.53. The van der Waals surface area contributed by atoms with E-state index in [0.29, 0.717) is 25.1 Å². The summed E-state index contributed by atoms with van der Waals surface area (Å²) in [5.74, 6) is 0.639. The molecule has 5 nitrogen and oxygen atoms in total. The molecule has 2 heterocycles. The van der Waals surface area contributed by atoms with Crippen LogP contribution in [-0.2, 0) is 6.54 Å². The third kappa shape index (κ3) is 3.24. The van der Waals surface area contributed by atoms with Gasteiger partial charge in [0.1, 0.15) is 0 Å². The molecule has 2 aromatic rings. The first-order chi connectivity index (χ1) is 9.22. The van der Waals surface area contributed by atoms with Crippen LogP contribution in [0.25, 0.3) is 0 Å². The SMILES string of the molecule is CCOc1ncccc1NCc1cncn1C(C)C. The predicted molar refractivity (Wildman–Crippen MR) is 75.3 cm³/mol. The number of nitrogens with one attached hydrogen (secondary N) is 1. The van der Waals surface area contributed by atoms with Crippen LogP contribution in [0.5, 0.6) is 5.88 Å². The number of nitrogens with zero attached hydrogens (tertiary/aromatic N) is 3. The van der Waals surface area contributed by atoms with E-state index >= 15 is 0 Å². The molecule has 0 aliphatic rings. The molecule has 0 aliphatic carbocycles. The van der Waals surface area contributed by atoms with E-state index in [0.717, 1.165) is 11.4 Å². The molecule has 0 atom stereocenters. The quantitative estimate of drug-likeness (QED) is 0.867. The molecule has 2 rings (SSSR count). The van der Waals surface area contributed by atoms with Gasteiger partial charge >= 0.3 is 0 Å². The lowest BCUT2D eigenvalue weighted by atomic mass is 10.3. The highest BCUT2D eigenvalue weighted by molar-refractivity contribution is 5.52. The average molecular weight is 260 g/mol. The molecule has 0 spiro atoms. The number of hydrogen-bond donors (Lipinski definition) is 1. The first-order valence-corrected chi connectivity index (χ1v) is 6.54. The fourth-order valence-corrected chi connectivity index (χ4v) is 1.90. The molecule has 5 heteroatoms. The van der Waals surface area contributed by atoms with Gasteiger partial charge in [-0.05, 0) is 32.9 Å². The van der Waals surface area contributed by atoms with Crippen molar-refractivity contribution in [1.29, 1.82) is 0 Å². The third-order valence-corrected chi connectivity index (χ3v) is 2.81. The molecule has 0 unspecified atom stereocenters. The summed E-state index contributed by atoms with van der Waals surface area (Å²) in [4.78, 5) is 8.41. The summed E-state index contributed by atoms with van der Waals surface area (Å²) in [6.07, 6.45) is 5.46. The van der Waals surface area contributed by atoms with Crippen molar-refractivity contribution in [2.24, 2.45) is 0 Å². The van der Waals surface area contributed by atoms with Crippen molar-refractivity contribution in [2.45, 2.75) is 33.4 Å². The second kappa shape index (κ2) is 6.22. The highest BCUT2D eigenvalue weighted by Gasteiger charge is 2.07. The second-order valence-corrected chi connectivity index (χ2v) is 4.53. The fraction of sp³-hybridized carbons (Fsp3) is 0.429. The van der Waals surface area contributed by atoms with Gasteiger partial charge in [0, 0.05) is 18.4 Å². The Morgan fingerprint density at radius 3 is 3.00 bits per heavy atom. The van der Waals surface area contributed by atoms with E-state index in [-0.39, 0.29) is 0 Å². The van der Waals surface area contributed by atoms with Crippen molar-refractivity contribution in [2.75, 3.05) is 11.9 Å². The van der Waals surface area contributed by atoms with Crippen LogP contribution in [0.1, 0.15) is 32.5 Å². The fourth-order valence-electron chi connectivity index (χ4n) is 1.90. The van der Waals surface area contributed by atoms with E-state index < -0.39 is 0 Å². The molecule has 102 valence electrons. The highest BCUT2D eigenvalue weighted by atomic mass is 16.5. The Morgan fingerprint density at radius 2 is 2.26 bits per heavy atom. The molecule has 0 saturated heterocycles. The summed E-state index contributed by atoms with van der Waals surface area (Å²) in [6.45, 7) is 7.54. The first-order valence-electron chi connectivity index (χ1n) is 6.54. The zero-order valence-electron chi connectivity index (χ0n) is 11.6. The van der Waals surface area contributed by atoms with Gasteiger partial charge in [-0.25, -0.2) is 9.97 Å². The maximum absolute atomic E-state index is 5.49. The van der Waals surface area contributed by atoms with E-state index in [9.17, 15) is 0 Å². The molecule has 19 heavy (non-hydrogen) atoms. The maximum atomic E-state index is 5.49. The van der Waals surface area contributed by atoms with E-state index in [1.807, 2.05) is 31.6 Å². The van der Waals surface area contributed by atoms with Crippen LogP contribution in [0, 0.1) is 0 Å². The van der Waals surface area contributed by atoms with Gasteiger partial charge in [0.15, 0.2) is 0 Å². The summed E-state index contributed by atoms with van der Waals surface area (Å²) in [6, 6.07) is 4.26. The van der Waals surface area contributed by atoms with E-state index in [1.165, 1.54) is 0 Å². The summed E-state index contributed by atoms with van der Waals surface area (Å²) in [7, 11) is 0. The Bertz CT molecular complexity index is 522. The number of ether oxygens (including phenoxy) is 1. The monoisotopic (exact) mass is 260 g/mol.